The first-order chi connectivity index (χ1) is 9.91. The Morgan fingerprint density at radius 3 is 2.62 bits per heavy atom. The predicted octanol–water partition coefficient (Wildman–Crippen LogP) is 6.48. The first kappa shape index (κ1) is 16.4. The van der Waals surface area contributed by atoms with Gasteiger partial charge in [-0.3, -0.25) is 0 Å². The Morgan fingerprint density at radius 2 is 2.05 bits per heavy atom. The normalized spacial score (nSPS) is 13.2. The average Bonchev–Trinajstić information content (AvgIpc) is 2.90. The SMILES string of the molecule is CCCC(Nc1cc(Br)ccc1C(F)(F)F)c1cccs1. The van der Waals surface area contributed by atoms with Crippen LogP contribution in [0.3, 0.4) is 0 Å². The van der Waals surface area contributed by atoms with E-state index >= 15 is 0 Å². The van der Waals surface area contributed by atoms with Crippen molar-refractivity contribution in [2.75, 3.05) is 5.32 Å². The molecule has 0 spiro atoms. The van der Waals surface area contributed by atoms with Gasteiger partial charge in [0, 0.05) is 15.0 Å². The third-order valence-electron chi connectivity index (χ3n) is 3.08. The highest BCUT2D eigenvalue weighted by molar-refractivity contribution is 9.10. The molecule has 6 heteroatoms. The number of hydrogen-bond donors (Lipinski definition) is 1. The molecule has 1 aromatic heterocycles. The molecule has 21 heavy (non-hydrogen) atoms. The number of halogens is 4. The van der Waals surface area contributed by atoms with Gasteiger partial charge in [0.15, 0.2) is 0 Å². The maximum absolute atomic E-state index is 13.1. The molecule has 0 bridgehead atoms. The summed E-state index contributed by atoms with van der Waals surface area (Å²) in [6.45, 7) is 2.02. The topological polar surface area (TPSA) is 12.0 Å². The van der Waals surface area contributed by atoms with Crippen LogP contribution in [0.4, 0.5) is 18.9 Å². The van der Waals surface area contributed by atoms with Crippen molar-refractivity contribution in [3.63, 3.8) is 0 Å². The van der Waals surface area contributed by atoms with Crippen molar-refractivity contribution in [1.82, 2.24) is 0 Å². The molecule has 1 heterocycles. The number of benzene rings is 1. The van der Waals surface area contributed by atoms with Gasteiger partial charge in [-0.25, -0.2) is 0 Å². The molecule has 1 N–H and O–H groups in total. The molecule has 1 aromatic carbocycles. The van der Waals surface area contributed by atoms with E-state index in [0.717, 1.165) is 23.8 Å². The Hall–Kier alpha value is -1.01. The maximum Gasteiger partial charge on any atom is 0.418 e. The summed E-state index contributed by atoms with van der Waals surface area (Å²) in [4.78, 5) is 1.05. The highest BCUT2D eigenvalue weighted by Crippen LogP contribution is 2.38. The molecule has 0 saturated carbocycles. The molecule has 0 saturated heterocycles. The summed E-state index contributed by atoms with van der Waals surface area (Å²) >= 11 is 4.79. The van der Waals surface area contributed by atoms with Crippen molar-refractivity contribution < 1.29 is 13.2 Å². The number of thiophene rings is 1. The molecule has 1 nitrogen and oxygen atoms in total. The standard InChI is InChI=1S/C15H15BrF3NS/c1-2-4-12(14-5-3-8-21-14)20-13-9-10(16)6-7-11(13)15(17,18)19/h3,5-9,12,20H,2,4H2,1H3. The van der Waals surface area contributed by atoms with Crippen LogP contribution in [0.15, 0.2) is 40.2 Å². The van der Waals surface area contributed by atoms with Crippen molar-refractivity contribution in [1.29, 1.82) is 0 Å². The summed E-state index contributed by atoms with van der Waals surface area (Å²) in [5.41, 5.74) is -0.521. The summed E-state index contributed by atoms with van der Waals surface area (Å²) in [6.07, 6.45) is -2.69. The van der Waals surface area contributed by atoms with Crippen molar-refractivity contribution in [3.8, 4) is 0 Å². The molecule has 2 rings (SSSR count). The maximum atomic E-state index is 13.1. The molecule has 0 aliphatic rings. The van der Waals surface area contributed by atoms with Gasteiger partial charge in [-0.2, -0.15) is 13.2 Å². The Labute approximate surface area is 134 Å². The summed E-state index contributed by atoms with van der Waals surface area (Å²) < 4.78 is 39.9. The lowest BCUT2D eigenvalue weighted by molar-refractivity contribution is -0.137. The highest BCUT2D eigenvalue weighted by Gasteiger charge is 2.34. The van der Waals surface area contributed by atoms with E-state index in [9.17, 15) is 13.2 Å². The minimum Gasteiger partial charge on any atom is -0.377 e. The van der Waals surface area contributed by atoms with Crippen LogP contribution >= 0.6 is 27.3 Å². The molecular formula is C15H15BrF3NS. The molecule has 1 unspecified atom stereocenters. The molecule has 114 valence electrons. The second-order valence-corrected chi connectivity index (χ2v) is 6.58. The lowest BCUT2D eigenvalue weighted by atomic mass is 10.1. The number of rotatable bonds is 5. The smallest absolute Gasteiger partial charge is 0.377 e. The Morgan fingerprint density at radius 1 is 1.29 bits per heavy atom. The van der Waals surface area contributed by atoms with Crippen LogP contribution in [-0.4, -0.2) is 0 Å². The number of alkyl halides is 3. The summed E-state index contributed by atoms with van der Waals surface area (Å²) in [6, 6.07) is 7.75. The average molecular weight is 378 g/mol. The van der Waals surface area contributed by atoms with E-state index in [4.69, 9.17) is 0 Å². The Balaban J connectivity index is 2.34. The number of nitrogens with one attached hydrogen (secondary N) is 1. The quantitative estimate of drug-likeness (QED) is 0.628. The van der Waals surface area contributed by atoms with E-state index in [1.54, 1.807) is 11.3 Å². The van der Waals surface area contributed by atoms with Crippen LogP contribution in [0.5, 0.6) is 0 Å². The third-order valence-corrected chi connectivity index (χ3v) is 4.56. The van der Waals surface area contributed by atoms with Gasteiger partial charge in [-0.1, -0.05) is 35.3 Å². The zero-order chi connectivity index (χ0) is 15.5. The van der Waals surface area contributed by atoms with Gasteiger partial charge in [0.2, 0.25) is 0 Å². The Bertz CT molecular complexity index is 581. The number of hydrogen-bond acceptors (Lipinski definition) is 2. The molecular weight excluding hydrogens is 363 g/mol. The number of anilines is 1. The van der Waals surface area contributed by atoms with Gasteiger partial charge in [-0.05, 0) is 36.1 Å². The van der Waals surface area contributed by atoms with Crippen LogP contribution in [-0.2, 0) is 6.18 Å². The van der Waals surface area contributed by atoms with Gasteiger partial charge in [0.25, 0.3) is 0 Å². The van der Waals surface area contributed by atoms with Gasteiger partial charge in [0.05, 0.1) is 11.6 Å². The van der Waals surface area contributed by atoms with E-state index < -0.39 is 11.7 Å². The largest absolute Gasteiger partial charge is 0.418 e. The van der Waals surface area contributed by atoms with Gasteiger partial charge >= 0.3 is 6.18 Å². The highest BCUT2D eigenvalue weighted by atomic mass is 79.9. The monoisotopic (exact) mass is 377 g/mol. The predicted molar refractivity (Wildman–Crippen MR) is 84.7 cm³/mol. The van der Waals surface area contributed by atoms with Crippen LogP contribution in [0, 0.1) is 0 Å². The van der Waals surface area contributed by atoms with Gasteiger partial charge in [0.1, 0.15) is 0 Å². The van der Waals surface area contributed by atoms with Gasteiger partial charge < -0.3 is 5.32 Å². The van der Waals surface area contributed by atoms with E-state index in [1.807, 2.05) is 24.4 Å². The van der Waals surface area contributed by atoms with E-state index in [-0.39, 0.29) is 11.7 Å². The molecule has 0 radical (unpaired) electrons. The van der Waals surface area contributed by atoms with Crippen LogP contribution in [0.2, 0.25) is 0 Å². The minimum absolute atomic E-state index is 0.106. The van der Waals surface area contributed by atoms with Gasteiger partial charge in [-0.15, -0.1) is 11.3 Å². The van der Waals surface area contributed by atoms with Crippen LogP contribution in [0.1, 0.15) is 36.2 Å². The van der Waals surface area contributed by atoms with E-state index in [2.05, 4.69) is 21.2 Å². The fraction of sp³-hybridized carbons (Fsp3) is 0.333. The van der Waals surface area contributed by atoms with Crippen molar-refractivity contribution >= 4 is 33.0 Å². The first-order valence-corrected chi connectivity index (χ1v) is 8.25. The molecule has 0 aliphatic carbocycles. The Kier molecular flexibility index (Phi) is 5.32. The third kappa shape index (κ3) is 4.23. The zero-order valence-electron chi connectivity index (χ0n) is 11.4. The zero-order valence-corrected chi connectivity index (χ0v) is 13.8. The van der Waals surface area contributed by atoms with Crippen molar-refractivity contribution in [2.24, 2.45) is 0 Å². The second kappa shape index (κ2) is 6.83. The molecule has 0 fully saturated rings. The van der Waals surface area contributed by atoms with Crippen molar-refractivity contribution in [2.45, 2.75) is 32.0 Å². The van der Waals surface area contributed by atoms with Crippen LogP contribution < -0.4 is 5.32 Å². The van der Waals surface area contributed by atoms with Crippen molar-refractivity contribution in [3.05, 3.63) is 50.6 Å². The molecule has 1 atom stereocenters. The molecule has 0 aliphatic heterocycles. The molecule has 2 aromatic rings. The van der Waals surface area contributed by atoms with E-state index in [1.165, 1.54) is 12.1 Å². The first-order valence-electron chi connectivity index (χ1n) is 6.58. The lowest BCUT2D eigenvalue weighted by Gasteiger charge is -2.21. The summed E-state index contributed by atoms with van der Waals surface area (Å²) in [7, 11) is 0. The summed E-state index contributed by atoms with van der Waals surface area (Å²) in [5.74, 6) is 0. The molecule has 0 amide bonds. The fourth-order valence-corrected chi connectivity index (χ4v) is 3.31. The van der Waals surface area contributed by atoms with E-state index in [0.29, 0.717) is 4.47 Å². The lowest BCUT2D eigenvalue weighted by Crippen LogP contribution is -2.14. The fourth-order valence-electron chi connectivity index (χ4n) is 2.13. The minimum atomic E-state index is -4.37. The summed E-state index contributed by atoms with van der Waals surface area (Å²) in [5, 5.41) is 4.99. The second-order valence-electron chi connectivity index (χ2n) is 4.69. The van der Waals surface area contributed by atoms with Crippen LogP contribution in [0.25, 0.3) is 0 Å².